The van der Waals surface area contributed by atoms with Gasteiger partial charge >= 0.3 is 6.09 Å². The van der Waals surface area contributed by atoms with Crippen LogP contribution in [0, 0.1) is 0 Å². The van der Waals surface area contributed by atoms with E-state index in [4.69, 9.17) is 5.11 Å². The molecule has 1 rings (SSSR count). The van der Waals surface area contributed by atoms with Crippen molar-refractivity contribution in [3.63, 3.8) is 0 Å². The van der Waals surface area contributed by atoms with Crippen LogP contribution in [0.15, 0.2) is 28.7 Å². The molecule has 74 valence electrons. The molecule has 0 saturated carbocycles. The Labute approximate surface area is 96.5 Å². The fourth-order valence-corrected chi connectivity index (χ4v) is 1.06. The van der Waals surface area contributed by atoms with Gasteiger partial charge < -0.3 is 5.11 Å². The number of carbonyl (C=O) groups is 1. The predicted octanol–water partition coefficient (Wildman–Crippen LogP) is 3.38. The van der Waals surface area contributed by atoms with Crippen LogP contribution >= 0.6 is 40.7 Å². The van der Waals surface area contributed by atoms with E-state index in [-0.39, 0.29) is 24.8 Å². The van der Waals surface area contributed by atoms with Gasteiger partial charge in [-0.2, -0.15) is 0 Å². The number of benzene rings is 1. The molecule has 0 unspecified atom stereocenters. The number of hydrogen-bond acceptors (Lipinski definition) is 1. The molecule has 1 aromatic rings. The molecule has 0 bridgehead atoms. The highest BCUT2D eigenvalue weighted by Gasteiger charge is 1.99. The number of hydrogen-bond donors (Lipinski definition) is 2. The van der Waals surface area contributed by atoms with Gasteiger partial charge in [0.05, 0.1) is 5.69 Å². The van der Waals surface area contributed by atoms with Crippen LogP contribution < -0.4 is 5.32 Å². The first-order valence-electron chi connectivity index (χ1n) is 2.94. The molecule has 0 heterocycles. The standard InChI is InChI=1S/C7H6BrNO2.2ClH/c8-5-3-1-2-4-6(5)9-7(10)11;;/h1-4,9H,(H,10,11);2*1H. The van der Waals surface area contributed by atoms with Crippen LogP contribution in [0.25, 0.3) is 0 Å². The van der Waals surface area contributed by atoms with Gasteiger partial charge in [0.25, 0.3) is 0 Å². The Balaban J connectivity index is 0. The minimum atomic E-state index is -1.06. The summed E-state index contributed by atoms with van der Waals surface area (Å²) < 4.78 is 0.738. The largest absolute Gasteiger partial charge is 0.465 e. The van der Waals surface area contributed by atoms with Crippen molar-refractivity contribution in [3.05, 3.63) is 28.7 Å². The highest BCUT2D eigenvalue weighted by atomic mass is 79.9. The van der Waals surface area contributed by atoms with Gasteiger partial charge in [-0.1, -0.05) is 12.1 Å². The van der Waals surface area contributed by atoms with Crippen LogP contribution in [0.3, 0.4) is 0 Å². The second-order valence-electron chi connectivity index (χ2n) is 1.91. The summed E-state index contributed by atoms with van der Waals surface area (Å²) in [5, 5.41) is 10.6. The SMILES string of the molecule is Cl.Cl.O=C(O)Nc1ccccc1Br. The summed E-state index contributed by atoms with van der Waals surface area (Å²) in [6, 6.07) is 7.02. The summed E-state index contributed by atoms with van der Waals surface area (Å²) in [5.41, 5.74) is 0.556. The molecule has 2 N–H and O–H groups in total. The maximum Gasteiger partial charge on any atom is 0.409 e. The van der Waals surface area contributed by atoms with Gasteiger partial charge in [0.15, 0.2) is 0 Å². The van der Waals surface area contributed by atoms with E-state index < -0.39 is 6.09 Å². The molecule has 1 amide bonds. The number of amides is 1. The zero-order chi connectivity index (χ0) is 8.27. The number of carboxylic acid groups (broad SMARTS) is 1. The lowest BCUT2D eigenvalue weighted by atomic mass is 10.3. The third-order valence-corrected chi connectivity index (χ3v) is 1.81. The molecule has 0 radical (unpaired) electrons. The molecule has 3 nitrogen and oxygen atoms in total. The molecule has 0 atom stereocenters. The molecule has 0 saturated heterocycles. The highest BCUT2D eigenvalue weighted by molar-refractivity contribution is 9.10. The number of halogens is 3. The summed E-state index contributed by atoms with van der Waals surface area (Å²) in [7, 11) is 0. The maximum absolute atomic E-state index is 10.2. The van der Waals surface area contributed by atoms with Crippen LogP contribution in [0.1, 0.15) is 0 Å². The number of nitrogens with one attached hydrogen (secondary N) is 1. The lowest BCUT2D eigenvalue weighted by Gasteiger charge is -2.01. The van der Waals surface area contributed by atoms with Crippen molar-refractivity contribution in [3.8, 4) is 0 Å². The van der Waals surface area contributed by atoms with E-state index in [9.17, 15) is 4.79 Å². The van der Waals surface area contributed by atoms with Crippen molar-refractivity contribution >= 4 is 52.5 Å². The topological polar surface area (TPSA) is 49.3 Å². The molecule has 0 fully saturated rings. The van der Waals surface area contributed by atoms with E-state index in [1.165, 1.54) is 0 Å². The molecule has 0 aliphatic rings. The van der Waals surface area contributed by atoms with Crippen LogP contribution in [-0.4, -0.2) is 11.2 Å². The van der Waals surface area contributed by atoms with Gasteiger partial charge in [0, 0.05) is 4.47 Å². The minimum Gasteiger partial charge on any atom is -0.465 e. The van der Waals surface area contributed by atoms with Crippen LogP contribution in [-0.2, 0) is 0 Å². The van der Waals surface area contributed by atoms with E-state index in [0.29, 0.717) is 5.69 Å². The average molecular weight is 289 g/mol. The third-order valence-electron chi connectivity index (χ3n) is 1.12. The zero-order valence-electron chi connectivity index (χ0n) is 6.36. The maximum atomic E-state index is 10.2. The first kappa shape index (κ1) is 15.0. The van der Waals surface area contributed by atoms with E-state index >= 15 is 0 Å². The Bertz CT molecular complexity index is 283. The van der Waals surface area contributed by atoms with Gasteiger partial charge in [-0.15, -0.1) is 24.8 Å². The fourth-order valence-electron chi connectivity index (χ4n) is 0.678. The Morgan fingerprint density at radius 2 is 1.85 bits per heavy atom. The van der Waals surface area contributed by atoms with Gasteiger partial charge in [0.1, 0.15) is 0 Å². The van der Waals surface area contributed by atoms with Crippen molar-refractivity contribution in [2.24, 2.45) is 0 Å². The van der Waals surface area contributed by atoms with E-state index in [0.717, 1.165) is 4.47 Å². The summed E-state index contributed by atoms with van der Waals surface area (Å²) in [5.74, 6) is 0. The van der Waals surface area contributed by atoms with Gasteiger partial charge in [0.2, 0.25) is 0 Å². The third kappa shape index (κ3) is 4.98. The minimum absolute atomic E-state index is 0. The molecule has 0 spiro atoms. The molecule has 0 aliphatic heterocycles. The van der Waals surface area contributed by atoms with Crippen LogP contribution in [0.2, 0.25) is 0 Å². The van der Waals surface area contributed by atoms with Crippen LogP contribution in [0.4, 0.5) is 10.5 Å². The fraction of sp³-hybridized carbons (Fsp3) is 0. The van der Waals surface area contributed by atoms with E-state index in [2.05, 4.69) is 21.2 Å². The van der Waals surface area contributed by atoms with Crippen molar-refractivity contribution in [1.29, 1.82) is 0 Å². The lowest BCUT2D eigenvalue weighted by Crippen LogP contribution is -2.07. The van der Waals surface area contributed by atoms with Gasteiger partial charge in [-0.25, -0.2) is 4.79 Å². The summed E-state index contributed by atoms with van der Waals surface area (Å²) in [6.45, 7) is 0. The quantitative estimate of drug-likeness (QED) is 0.832. The average Bonchev–Trinajstić information content (AvgIpc) is 1.93. The number of rotatable bonds is 1. The van der Waals surface area contributed by atoms with Gasteiger partial charge in [-0.05, 0) is 28.1 Å². The van der Waals surface area contributed by atoms with Crippen molar-refractivity contribution in [2.75, 3.05) is 5.32 Å². The first-order valence-corrected chi connectivity index (χ1v) is 3.74. The molecule has 13 heavy (non-hydrogen) atoms. The second-order valence-corrected chi connectivity index (χ2v) is 2.76. The lowest BCUT2D eigenvalue weighted by molar-refractivity contribution is 0.209. The normalized spacial score (nSPS) is 7.77. The first-order chi connectivity index (χ1) is 5.20. The molecule has 0 aliphatic carbocycles. The molecule has 6 heteroatoms. The molecule has 0 aromatic heterocycles. The van der Waals surface area contributed by atoms with Crippen molar-refractivity contribution in [2.45, 2.75) is 0 Å². The van der Waals surface area contributed by atoms with E-state index in [1.807, 2.05) is 6.07 Å². The summed E-state index contributed by atoms with van der Waals surface area (Å²) in [4.78, 5) is 10.2. The highest BCUT2D eigenvalue weighted by Crippen LogP contribution is 2.20. The monoisotopic (exact) mass is 287 g/mol. The molecular formula is C7H8BrCl2NO2. The smallest absolute Gasteiger partial charge is 0.409 e. The summed E-state index contributed by atoms with van der Waals surface area (Å²) >= 11 is 3.20. The van der Waals surface area contributed by atoms with Gasteiger partial charge in [-0.3, -0.25) is 5.32 Å². The molecular weight excluding hydrogens is 281 g/mol. The molecule has 1 aromatic carbocycles. The Kier molecular flexibility index (Phi) is 8.10. The van der Waals surface area contributed by atoms with Crippen LogP contribution in [0.5, 0.6) is 0 Å². The van der Waals surface area contributed by atoms with E-state index in [1.54, 1.807) is 18.2 Å². The number of para-hydroxylation sites is 1. The number of anilines is 1. The second kappa shape index (κ2) is 7.00. The summed E-state index contributed by atoms with van der Waals surface area (Å²) in [6.07, 6.45) is -1.06. The Morgan fingerprint density at radius 1 is 1.31 bits per heavy atom. The predicted molar refractivity (Wildman–Crippen MR) is 60.3 cm³/mol. The Hall–Kier alpha value is -0.450. The van der Waals surface area contributed by atoms with Crippen molar-refractivity contribution < 1.29 is 9.90 Å². The zero-order valence-corrected chi connectivity index (χ0v) is 9.58. The van der Waals surface area contributed by atoms with Crippen molar-refractivity contribution in [1.82, 2.24) is 0 Å². The Morgan fingerprint density at radius 3 is 2.31 bits per heavy atom.